The maximum atomic E-state index is 8.51. The fraction of sp³-hybridized carbons (Fsp3) is 0. The normalized spacial score (nSPS) is 2.29. The molecule has 0 saturated carbocycles. The molecule has 0 bridgehead atoms. The first-order valence-corrected chi connectivity index (χ1v) is 2.36. The first kappa shape index (κ1) is 60.6. The zero-order valence-electron chi connectivity index (χ0n) is 3.48. The van der Waals surface area contributed by atoms with Gasteiger partial charge in [0.25, 0.3) is 0 Å². The van der Waals surface area contributed by atoms with Gasteiger partial charge in [-0.3, -0.25) is 0 Å². The van der Waals surface area contributed by atoms with Crippen LogP contribution in [0.5, 0.6) is 0 Å². The monoisotopic (exact) mass is 288 g/mol. The summed E-state index contributed by atoms with van der Waals surface area (Å²) >= 11 is -2.08. The Bertz CT molecular complexity index is 30.7. The zero-order chi connectivity index (χ0) is 2.71. The predicted octanol–water partition coefficient (Wildman–Crippen LogP) is 2.63. The topological polar surface area (TPSA) is 168 Å². The van der Waals surface area contributed by atoms with E-state index < -0.39 is 17.3 Å². The van der Waals surface area contributed by atoms with Crippen molar-refractivity contribution in [2.24, 2.45) is 0 Å². The van der Waals surface area contributed by atoms with E-state index in [0.29, 0.717) is 0 Å². The molecule has 0 amide bonds. The van der Waals surface area contributed by atoms with Crippen molar-refractivity contribution in [3.05, 3.63) is 24.6 Å². The minimum atomic E-state index is -2.08. The van der Waals surface area contributed by atoms with Crippen molar-refractivity contribution in [3.63, 3.8) is 0 Å². The van der Waals surface area contributed by atoms with Crippen LogP contribution in [0.15, 0.2) is 0 Å². The van der Waals surface area contributed by atoms with Crippen molar-refractivity contribution in [2.75, 3.05) is 0 Å². The van der Waals surface area contributed by atoms with Crippen LogP contribution in [0.3, 0.4) is 0 Å². The van der Waals surface area contributed by atoms with E-state index in [1.165, 1.54) is 0 Å². The molecule has 7 heavy (non-hydrogen) atoms. The summed E-state index contributed by atoms with van der Waals surface area (Å²) in [5, 5.41) is 0. The van der Waals surface area contributed by atoms with Gasteiger partial charge in [0.2, 0.25) is 0 Å². The van der Waals surface area contributed by atoms with Gasteiger partial charge in [0.1, 0.15) is 0 Å². The summed E-state index contributed by atoms with van der Waals surface area (Å²) in [6, 6.07) is 0. The standard InChI is InChI=1S/4H2N.2O.Os/h4*1H2;;;/q4*-1;;;. The van der Waals surface area contributed by atoms with E-state index in [9.17, 15) is 0 Å². The van der Waals surface area contributed by atoms with E-state index >= 15 is 0 Å². The molecule has 7 heteroatoms. The van der Waals surface area contributed by atoms with E-state index in [2.05, 4.69) is 0 Å². The number of hydrogen-bond acceptors (Lipinski definition) is 2. The molecule has 0 fully saturated rings. The molecule has 0 aliphatic heterocycles. The van der Waals surface area contributed by atoms with E-state index in [1.807, 2.05) is 0 Å². The van der Waals surface area contributed by atoms with Gasteiger partial charge in [-0.15, -0.1) is 0 Å². The third kappa shape index (κ3) is 17300. The Morgan fingerprint density at radius 3 is 0.714 bits per heavy atom. The van der Waals surface area contributed by atoms with Gasteiger partial charge in [-0.1, -0.05) is 0 Å². The molecule has 0 aromatic carbocycles. The Labute approximate surface area is 49.7 Å². The Morgan fingerprint density at radius 1 is 0.714 bits per heavy atom. The summed E-state index contributed by atoms with van der Waals surface area (Å²) in [4.78, 5) is 0. The summed E-state index contributed by atoms with van der Waals surface area (Å²) in [7, 11) is 0. The van der Waals surface area contributed by atoms with E-state index in [-0.39, 0.29) is 24.6 Å². The second-order valence-corrected chi connectivity index (χ2v) is 0.482. The molecule has 0 aliphatic rings. The summed E-state index contributed by atoms with van der Waals surface area (Å²) in [5.41, 5.74) is 0. The second-order valence-electron chi connectivity index (χ2n) is 0.0589. The van der Waals surface area contributed by atoms with Gasteiger partial charge >= 0.3 is 24.4 Å². The van der Waals surface area contributed by atoms with Crippen molar-refractivity contribution in [2.45, 2.75) is 0 Å². The van der Waals surface area contributed by atoms with Crippen LogP contribution in [0.2, 0.25) is 0 Å². The zero-order valence-corrected chi connectivity index (χ0v) is 6.02. The quantitative estimate of drug-likeness (QED) is 0.667. The van der Waals surface area contributed by atoms with Crippen molar-refractivity contribution < 1.29 is 24.4 Å². The van der Waals surface area contributed by atoms with Crippen molar-refractivity contribution in [1.29, 1.82) is 0 Å². The van der Waals surface area contributed by atoms with Crippen LogP contribution in [0.25, 0.3) is 24.6 Å². The molecule has 52 valence electrons. The predicted molar refractivity (Wildman–Crippen MR) is 22.5 cm³/mol. The number of nitrogens with two attached hydrogens (primary N) is 4. The van der Waals surface area contributed by atoms with E-state index in [1.54, 1.807) is 0 Å². The van der Waals surface area contributed by atoms with Crippen LogP contribution >= 0.6 is 0 Å². The molecule has 0 aromatic rings. The minimum absolute atomic E-state index is 0. The van der Waals surface area contributed by atoms with Crippen molar-refractivity contribution >= 4 is 0 Å². The fourth-order valence-electron chi connectivity index (χ4n) is 0. The van der Waals surface area contributed by atoms with Crippen LogP contribution in [0, 0.1) is 0 Å². The Hall–Kier alpha value is 0.0764. The first-order valence-electron chi connectivity index (χ1n) is 0.289. The second kappa shape index (κ2) is 135. The van der Waals surface area contributed by atoms with Crippen LogP contribution in [-0.4, -0.2) is 0 Å². The molecule has 0 unspecified atom stereocenters. The van der Waals surface area contributed by atoms with Gasteiger partial charge in [0.15, 0.2) is 0 Å². The molecule has 0 aliphatic carbocycles. The van der Waals surface area contributed by atoms with Crippen LogP contribution in [0.4, 0.5) is 0 Å². The van der Waals surface area contributed by atoms with Gasteiger partial charge in [-0.05, 0) is 0 Å². The van der Waals surface area contributed by atoms with Crippen molar-refractivity contribution in [3.8, 4) is 0 Å². The SMILES string of the molecule is [NH2-].[NH2-].[NH2-].[NH2-].[O]=[Os]=[O]. The van der Waals surface area contributed by atoms with Gasteiger partial charge < -0.3 is 24.6 Å². The molecule has 6 nitrogen and oxygen atoms in total. The molecule has 0 rings (SSSR count). The molecule has 0 atom stereocenters. The van der Waals surface area contributed by atoms with Crippen LogP contribution in [-0.2, 0) is 24.4 Å². The average molecular weight is 286 g/mol. The summed E-state index contributed by atoms with van der Waals surface area (Å²) in [6.45, 7) is 0. The average Bonchev–Trinajstić information content (AvgIpc) is 0.918. The molecular formula is H8N4O2Os-4. The molecular weight excluding hydrogens is 278 g/mol. The number of hydrogen-bond donors (Lipinski definition) is 0. The third-order valence-corrected chi connectivity index (χ3v) is 0. The first-order chi connectivity index (χ1) is 1.41. The summed E-state index contributed by atoms with van der Waals surface area (Å²) in [5.74, 6) is 0. The van der Waals surface area contributed by atoms with Crippen molar-refractivity contribution in [1.82, 2.24) is 0 Å². The third-order valence-electron chi connectivity index (χ3n) is 0. The van der Waals surface area contributed by atoms with Gasteiger partial charge in [-0.2, -0.15) is 0 Å². The van der Waals surface area contributed by atoms with Gasteiger partial charge in [0, 0.05) is 0 Å². The molecule has 8 N–H and O–H groups in total. The van der Waals surface area contributed by atoms with Crippen LogP contribution < -0.4 is 0 Å². The molecule has 0 aromatic heterocycles. The van der Waals surface area contributed by atoms with Gasteiger partial charge in [0.05, 0.1) is 0 Å². The fourth-order valence-corrected chi connectivity index (χ4v) is 0. The Balaban J connectivity index is -0.00000000333. The maximum absolute atomic E-state index is 8.51. The summed E-state index contributed by atoms with van der Waals surface area (Å²) in [6.07, 6.45) is 0. The van der Waals surface area contributed by atoms with E-state index in [4.69, 9.17) is 7.08 Å². The summed E-state index contributed by atoms with van der Waals surface area (Å²) < 4.78 is 17.0. The number of rotatable bonds is 0. The van der Waals surface area contributed by atoms with Gasteiger partial charge in [-0.25, -0.2) is 0 Å². The Morgan fingerprint density at radius 2 is 0.714 bits per heavy atom. The van der Waals surface area contributed by atoms with Crippen LogP contribution in [0.1, 0.15) is 0 Å². The molecule has 0 radical (unpaired) electrons. The molecule has 0 spiro atoms. The Kier molecular flexibility index (Phi) is 1170. The molecule has 0 saturated heterocycles. The van der Waals surface area contributed by atoms with E-state index in [0.717, 1.165) is 0 Å². The molecule has 0 heterocycles.